The van der Waals surface area contributed by atoms with Gasteiger partial charge in [0.05, 0.1) is 12.6 Å². The van der Waals surface area contributed by atoms with Gasteiger partial charge >= 0.3 is 6.18 Å². The van der Waals surface area contributed by atoms with Crippen molar-refractivity contribution in [1.29, 1.82) is 0 Å². The van der Waals surface area contributed by atoms with Crippen LogP contribution in [0.2, 0.25) is 0 Å². The zero-order valence-corrected chi connectivity index (χ0v) is 12.3. The zero-order valence-electron chi connectivity index (χ0n) is 12.3. The van der Waals surface area contributed by atoms with Crippen LogP contribution in [0.5, 0.6) is 0 Å². The van der Waals surface area contributed by atoms with Crippen LogP contribution in [-0.2, 0) is 17.5 Å². The minimum absolute atomic E-state index is 0.0794. The molecule has 0 saturated carbocycles. The Morgan fingerprint density at radius 3 is 2.91 bits per heavy atom. The van der Waals surface area contributed by atoms with Gasteiger partial charge < -0.3 is 9.64 Å². The molecule has 1 aliphatic rings. The smallest absolute Gasteiger partial charge is 0.374 e. The molecular weight excluding hydrogens is 311 g/mol. The summed E-state index contributed by atoms with van der Waals surface area (Å²) in [5.41, 5.74) is -0.934. The third-order valence-corrected chi connectivity index (χ3v) is 3.52. The van der Waals surface area contributed by atoms with Crippen LogP contribution in [0.25, 0.3) is 0 Å². The van der Waals surface area contributed by atoms with Crippen LogP contribution in [0.4, 0.5) is 19.1 Å². The van der Waals surface area contributed by atoms with Gasteiger partial charge in [-0.15, -0.1) is 0 Å². The number of anilines is 1. The van der Waals surface area contributed by atoms with Crippen LogP contribution in [0.3, 0.4) is 0 Å². The first-order chi connectivity index (χ1) is 11.0. The third-order valence-electron chi connectivity index (χ3n) is 3.52. The van der Waals surface area contributed by atoms with Crippen molar-refractivity contribution in [2.24, 2.45) is 0 Å². The first kappa shape index (κ1) is 15.7. The van der Waals surface area contributed by atoms with Crippen molar-refractivity contribution in [3.8, 4) is 0 Å². The Hall–Kier alpha value is -2.16. The van der Waals surface area contributed by atoms with Gasteiger partial charge in [-0.3, -0.25) is 4.68 Å². The lowest BCUT2D eigenvalue weighted by Gasteiger charge is -2.24. The van der Waals surface area contributed by atoms with E-state index in [4.69, 9.17) is 4.74 Å². The number of rotatable bonds is 3. The summed E-state index contributed by atoms with van der Waals surface area (Å²) in [5.74, 6) is 0.0794. The van der Waals surface area contributed by atoms with Gasteiger partial charge in [0.2, 0.25) is 5.95 Å². The molecule has 0 bridgehead atoms. The lowest BCUT2D eigenvalue weighted by molar-refractivity contribution is -0.141. The molecule has 0 aliphatic carbocycles. The molecule has 0 radical (unpaired) electrons. The van der Waals surface area contributed by atoms with Crippen LogP contribution >= 0.6 is 0 Å². The van der Waals surface area contributed by atoms with Gasteiger partial charge in [-0.1, -0.05) is 0 Å². The summed E-state index contributed by atoms with van der Waals surface area (Å²) < 4.78 is 45.9. The number of halogens is 3. The minimum atomic E-state index is -4.48. The minimum Gasteiger partial charge on any atom is -0.374 e. The van der Waals surface area contributed by atoms with Gasteiger partial charge in [-0.05, 0) is 18.6 Å². The van der Waals surface area contributed by atoms with Crippen LogP contribution in [0, 0.1) is 0 Å². The van der Waals surface area contributed by atoms with Crippen LogP contribution in [0.1, 0.15) is 12.1 Å². The molecule has 3 rings (SSSR count). The van der Waals surface area contributed by atoms with E-state index < -0.39 is 11.9 Å². The Kier molecular flexibility index (Phi) is 4.46. The summed E-state index contributed by atoms with van der Waals surface area (Å²) in [6, 6.07) is 2.68. The molecular formula is C14H16F3N5O. The van der Waals surface area contributed by atoms with Crippen molar-refractivity contribution in [1.82, 2.24) is 19.7 Å². The molecule has 0 N–H and O–H groups in total. The van der Waals surface area contributed by atoms with E-state index in [0.717, 1.165) is 12.3 Å². The Morgan fingerprint density at radius 2 is 2.17 bits per heavy atom. The predicted molar refractivity (Wildman–Crippen MR) is 75.8 cm³/mol. The topological polar surface area (TPSA) is 56.1 Å². The second-order valence-corrected chi connectivity index (χ2v) is 5.26. The van der Waals surface area contributed by atoms with E-state index in [1.807, 2.05) is 12.3 Å². The molecule has 2 aromatic heterocycles. The maximum atomic E-state index is 12.8. The molecule has 1 atom stereocenters. The molecule has 2 aromatic rings. The van der Waals surface area contributed by atoms with E-state index in [-0.39, 0.29) is 12.1 Å². The quantitative estimate of drug-likeness (QED) is 0.863. The molecule has 23 heavy (non-hydrogen) atoms. The molecule has 124 valence electrons. The average molecular weight is 327 g/mol. The van der Waals surface area contributed by atoms with Crippen molar-refractivity contribution >= 4 is 5.95 Å². The van der Waals surface area contributed by atoms with Crippen molar-refractivity contribution < 1.29 is 17.9 Å². The lowest BCUT2D eigenvalue weighted by Crippen LogP contribution is -2.35. The number of hydrogen-bond acceptors (Lipinski definition) is 5. The summed E-state index contributed by atoms with van der Waals surface area (Å²) in [6.45, 7) is 2.04. The fourth-order valence-electron chi connectivity index (χ4n) is 2.46. The van der Waals surface area contributed by atoms with Gasteiger partial charge in [0.1, 0.15) is 5.69 Å². The maximum Gasteiger partial charge on any atom is 0.433 e. The maximum absolute atomic E-state index is 12.8. The van der Waals surface area contributed by atoms with Gasteiger partial charge in [-0.25, -0.2) is 9.97 Å². The Labute approximate surface area is 130 Å². The molecule has 3 heterocycles. The number of ether oxygens (including phenoxy) is 1. The highest BCUT2D eigenvalue weighted by molar-refractivity contribution is 5.31. The van der Waals surface area contributed by atoms with Crippen LogP contribution < -0.4 is 4.90 Å². The molecule has 9 heteroatoms. The summed E-state index contributed by atoms with van der Waals surface area (Å²) in [7, 11) is 0. The first-order valence-corrected chi connectivity index (χ1v) is 7.26. The van der Waals surface area contributed by atoms with E-state index in [0.29, 0.717) is 32.7 Å². The molecule has 1 fully saturated rings. The highest BCUT2D eigenvalue weighted by Crippen LogP contribution is 2.28. The average Bonchev–Trinajstić information content (AvgIpc) is 2.91. The normalized spacial score (nSPS) is 19.6. The van der Waals surface area contributed by atoms with E-state index in [2.05, 4.69) is 15.1 Å². The van der Waals surface area contributed by atoms with Gasteiger partial charge in [0.15, 0.2) is 0 Å². The zero-order chi connectivity index (χ0) is 16.3. The SMILES string of the molecule is FC(F)(F)c1ccnc(N2CCCOC(Cn3cccn3)C2)n1. The molecule has 1 saturated heterocycles. The van der Waals surface area contributed by atoms with Gasteiger partial charge in [0.25, 0.3) is 0 Å². The third kappa shape index (κ3) is 3.98. The molecule has 1 unspecified atom stereocenters. The van der Waals surface area contributed by atoms with E-state index in [1.54, 1.807) is 15.8 Å². The summed E-state index contributed by atoms with van der Waals surface area (Å²) in [6.07, 6.45) is 0.669. The summed E-state index contributed by atoms with van der Waals surface area (Å²) in [4.78, 5) is 9.37. The van der Waals surface area contributed by atoms with Crippen molar-refractivity contribution in [3.05, 3.63) is 36.4 Å². The predicted octanol–water partition coefficient (Wildman–Crippen LogP) is 1.99. The number of nitrogens with zero attached hydrogens (tertiary/aromatic N) is 5. The van der Waals surface area contributed by atoms with Gasteiger partial charge in [-0.2, -0.15) is 18.3 Å². The Morgan fingerprint density at radius 1 is 1.30 bits per heavy atom. The standard InChI is InChI=1S/C14H16F3N5O/c15-14(16,17)12-3-5-18-13(20-12)21-6-2-8-23-11(9-21)10-22-7-1-4-19-22/h1,3-5,7,11H,2,6,8-10H2. The van der Waals surface area contributed by atoms with E-state index >= 15 is 0 Å². The van der Waals surface area contributed by atoms with Crippen LogP contribution in [-0.4, -0.2) is 45.5 Å². The van der Waals surface area contributed by atoms with Crippen molar-refractivity contribution in [2.75, 3.05) is 24.6 Å². The van der Waals surface area contributed by atoms with Crippen LogP contribution in [0.15, 0.2) is 30.7 Å². The van der Waals surface area contributed by atoms with Crippen molar-refractivity contribution in [2.45, 2.75) is 25.2 Å². The second-order valence-electron chi connectivity index (χ2n) is 5.26. The highest BCUT2D eigenvalue weighted by Gasteiger charge is 2.33. The Balaban J connectivity index is 1.75. The Bertz CT molecular complexity index is 632. The fraction of sp³-hybridized carbons (Fsp3) is 0.500. The van der Waals surface area contributed by atoms with E-state index in [1.165, 1.54) is 0 Å². The fourth-order valence-corrected chi connectivity index (χ4v) is 2.46. The number of alkyl halides is 3. The molecule has 0 aromatic carbocycles. The second kappa shape index (κ2) is 6.53. The molecule has 6 nitrogen and oxygen atoms in total. The molecule has 1 aliphatic heterocycles. The molecule has 0 spiro atoms. The highest BCUT2D eigenvalue weighted by atomic mass is 19.4. The summed E-state index contributed by atoms with van der Waals surface area (Å²) in [5, 5.41) is 4.12. The molecule has 0 amide bonds. The lowest BCUT2D eigenvalue weighted by atomic mass is 10.3. The van der Waals surface area contributed by atoms with Gasteiger partial charge in [0, 0.05) is 38.3 Å². The number of hydrogen-bond donors (Lipinski definition) is 0. The summed E-state index contributed by atoms with van der Waals surface area (Å²) >= 11 is 0. The number of aromatic nitrogens is 4. The monoisotopic (exact) mass is 327 g/mol. The largest absolute Gasteiger partial charge is 0.433 e. The first-order valence-electron chi connectivity index (χ1n) is 7.26. The van der Waals surface area contributed by atoms with E-state index in [9.17, 15) is 13.2 Å². The van der Waals surface area contributed by atoms with Crippen molar-refractivity contribution in [3.63, 3.8) is 0 Å².